The van der Waals surface area contributed by atoms with Crippen LogP contribution in [0.1, 0.15) is 23.4 Å². The Balaban J connectivity index is 2.25. The van der Waals surface area contributed by atoms with Crippen LogP contribution in [-0.4, -0.2) is 10.9 Å². The van der Waals surface area contributed by atoms with Gasteiger partial charge in [-0.05, 0) is 6.92 Å². The van der Waals surface area contributed by atoms with Crippen molar-refractivity contribution in [2.75, 3.05) is 0 Å². The number of alkyl halides is 2. The van der Waals surface area contributed by atoms with Crippen molar-refractivity contribution in [1.29, 1.82) is 0 Å². The van der Waals surface area contributed by atoms with Gasteiger partial charge in [-0.2, -0.15) is 0 Å². The van der Waals surface area contributed by atoms with Gasteiger partial charge in [-0.25, -0.2) is 13.8 Å². The molecule has 72 valence electrons. The fourth-order valence-corrected chi connectivity index (χ4v) is 2.73. The summed E-state index contributed by atoms with van der Waals surface area (Å²) in [5.41, 5.74) is 7.44. The maximum Gasteiger partial charge on any atom is 0.252 e. The number of nitrogens with zero attached hydrogens (tertiary/aromatic N) is 1. The minimum atomic E-state index is -2.58. The second-order valence-corrected chi connectivity index (χ2v) is 4.49. The number of hydrogen-bond donors (Lipinski definition) is 1. The molecule has 0 saturated heterocycles. The first-order valence-corrected chi connectivity index (χ1v) is 4.88. The summed E-state index contributed by atoms with van der Waals surface area (Å²) < 4.78 is 25.3. The molecule has 1 aromatic rings. The van der Waals surface area contributed by atoms with Gasteiger partial charge in [0.1, 0.15) is 0 Å². The van der Waals surface area contributed by atoms with E-state index >= 15 is 0 Å². The summed E-state index contributed by atoms with van der Waals surface area (Å²) >= 11 is 1.36. The third-order valence-corrected chi connectivity index (χ3v) is 3.49. The van der Waals surface area contributed by atoms with Gasteiger partial charge >= 0.3 is 0 Å². The van der Waals surface area contributed by atoms with Gasteiger partial charge in [0.05, 0.1) is 16.7 Å². The summed E-state index contributed by atoms with van der Waals surface area (Å²) in [5, 5.41) is 0. The van der Waals surface area contributed by atoms with E-state index in [-0.39, 0.29) is 12.8 Å². The van der Waals surface area contributed by atoms with Crippen LogP contribution in [0.3, 0.4) is 0 Å². The molecule has 1 saturated carbocycles. The molecule has 0 unspecified atom stereocenters. The first kappa shape index (κ1) is 9.02. The summed E-state index contributed by atoms with van der Waals surface area (Å²) in [6.07, 6.45) is -0.494. The van der Waals surface area contributed by atoms with Crippen molar-refractivity contribution < 1.29 is 8.78 Å². The highest BCUT2D eigenvalue weighted by atomic mass is 32.1. The molecule has 0 spiro atoms. The lowest BCUT2D eigenvalue weighted by Crippen LogP contribution is -2.55. The number of nitrogens with two attached hydrogens (primary N) is 1. The fraction of sp³-hybridized carbons (Fsp3) is 0.625. The molecule has 1 fully saturated rings. The third-order valence-electron chi connectivity index (χ3n) is 2.35. The maximum atomic E-state index is 12.7. The van der Waals surface area contributed by atoms with E-state index in [9.17, 15) is 8.78 Å². The summed E-state index contributed by atoms with van der Waals surface area (Å²) in [4.78, 5) is 4.81. The number of aryl methyl sites for hydroxylation is 1. The number of hydrogen-bond acceptors (Lipinski definition) is 3. The monoisotopic (exact) mass is 204 g/mol. The largest absolute Gasteiger partial charge is 0.320 e. The maximum absolute atomic E-state index is 12.7. The zero-order valence-electron chi connectivity index (χ0n) is 7.18. The Morgan fingerprint density at radius 1 is 1.54 bits per heavy atom. The Morgan fingerprint density at radius 3 is 2.54 bits per heavy atom. The Bertz CT molecular complexity index is 327. The number of halogens is 2. The molecule has 2 nitrogen and oxygen atoms in total. The average Bonchev–Trinajstić information content (AvgIpc) is 2.30. The molecule has 0 atom stereocenters. The molecule has 1 aromatic heterocycles. The van der Waals surface area contributed by atoms with Gasteiger partial charge in [0.25, 0.3) is 5.92 Å². The molecule has 1 aliphatic rings. The van der Waals surface area contributed by atoms with E-state index in [0.29, 0.717) is 0 Å². The standard InChI is InChI=1S/C8H10F2N2S/c1-5-6(13-4-12-5)7(11)2-8(9,10)3-7/h4H,2-3,11H2,1H3. The molecule has 2 rings (SSSR count). The summed E-state index contributed by atoms with van der Waals surface area (Å²) in [5.74, 6) is -2.58. The van der Waals surface area contributed by atoms with Crippen molar-refractivity contribution in [2.45, 2.75) is 31.2 Å². The van der Waals surface area contributed by atoms with Crippen LogP contribution >= 0.6 is 11.3 Å². The molecule has 1 aliphatic carbocycles. The minimum Gasteiger partial charge on any atom is -0.320 e. The van der Waals surface area contributed by atoms with Gasteiger partial charge in [0.2, 0.25) is 0 Å². The van der Waals surface area contributed by atoms with Crippen molar-refractivity contribution in [3.05, 3.63) is 16.1 Å². The topological polar surface area (TPSA) is 38.9 Å². The fourth-order valence-electron chi connectivity index (χ4n) is 1.81. The van der Waals surface area contributed by atoms with Crippen LogP contribution in [-0.2, 0) is 5.54 Å². The van der Waals surface area contributed by atoms with Gasteiger partial charge in [0, 0.05) is 17.7 Å². The van der Waals surface area contributed by atoms with Crippen LogP contribution in [0.4, 0.5) is 8.78 Å². The van der Waals surface area contributed by atoms with Crippen molar-refractivity contribution >= 4 is 11.3 Å². The minimum absolute atomic E-state index is 0.247. The quantitative estimate of drug-likeness (QED) is 0.760. The lowest BCUT2D eigenvalue weighted by atomic mass is 9.73. The van der Waals surface area contributed by atoms with E-state index in [2.05, 4.69) is 4.98 Å². The van der Waals surface area contributed by atoms with Gasteiger partial charge in [-0.15, -0.1) is 11.3 Å². The molecule has 1 heterocycles. The predicted octanol–water partition coefficient (Wildman–Crippen LogP) is 2.03. The van der Waals surface area contributed by atoms with E-state index in [0.717, 1.165) is 10.6 Å². The highest BCUT2D eigenvalue weighted by Gasteiger charge is 2.56. The van der Waals surface area contributed by atoms with Crippen LogP contribution in [0.25, 0.3) is 0 Å². The van der Waals surface area contributed by atoms with Gasteiger partial charge < -0.3 is 5.73 Å². The summed E-state index contributed by atoms with van der Waals surface area (Å²) in [6, 6.07) is 0. The highest BCUT2D eigenvalue weighted by molar-refractivity contribution is 7.09. The lowest BCUT2D eigenvalue weighted by Gasteiger charge is -2.44. The lowest BCUT2D eigenvalue weighted by molar-refractivity contribution is -0.124. The predicted molar refractivity (Wildman–Crippen MR) is 46.9 cm³/mol. The molecular weight excluding hydrogens is 194 g/mol. The van der Waals surface area contributed by atoms with Crippen LogP contribution in [0.15, 0.2) is 5.51 Å². The molecule has 5 heteroatoms. The van der Waals surface area contributed by atoms with Gasteiger partial charge in [0.15, 0.2) is 0 Å². The van der Waals surface area contributed by atoms with E-state index in [1.165, 1.54) is 11.3 Å². The van der Waals surface area contributed by atoms with Crippen LogP contribution in [0, 0.1) is 6.92 Å². The third kappa shape index (κ3) is 1.36. The Kier molecular flexibility index (Phi) is 1.72. The summed E-state index contributed by atoms with van der Waals surface area (Å²) in [7, 11) is 0. The molecule has 2 N–H and O–H groups in total. The van der Waals surface area contributed by atoms with Crippen LogP contribution < -0.4 is 5.73 Å². The van der Waals surface area contributed by atoms with Crippen LogP contribution in [0.2, 0.25) is 0 Å². The molecule has 13 heavy (non-hydrogen) atoms. The SMILES string of the molecule is Cc1ncsc1C1(N)CC(F)(F)C1. The smallest absolute Gasteiger partial charge is 0.252 e. The molecule has 0 bridgehead atoms. The second-order valence-electron chi connectivity index (χ2n) is 3.63. The molecule has 0 amide bonds. The van der Waals surface area contributed by atoms with Crippen molar-refractivity contribution in [2.24, 2.45) is 5.73 Å². The Hall–Kier alpha value is -0.550. The zero-order valence-corrected chi connectivity index (χ0v) is 8.00. The van der Waals surface area contributed by atoms with Crippen LogP contribution in [0.5, 0.6) is 0 Å². The molecule has 0 aliphatic heterocycles. The van der Waals surface area contributed by atoms with E-state index < -0.39 is 11.5 Å². The Morgan fingerprint density at radius 2 is 2.15 bits per heavy atom. The number of rotatable bonds is 1. The molecule has 0 aromatic carbocycles. The first-order chi connectivity index (χ1) is 5.93. The first-order valence-electron chi connectivity index (χ1n) is 4.00. The highest BCUT2D eigenvalue weighted by Crippen LogP contribution is 2.51. The summed E-state index contributed by atoms with van der Waals surface area (Å²) in [6.45, 7) is 1.80. The van der Waals surface area contributed by atoms with E-state index in [1.807, 2.05) is 0 Å². The van der Waals surface area contributed by atoms with E-state index in [1.54, 1.807) is 12.4 Å². The normalized spacial score (nSPS) is 24.0. The molecular formula is C8H10F2N2S. The molecule has 0 radical (unpaired) electrons. The van der Waals surface area contributed by atoms with Crippen molar-refractivity contribution in [3.63, 3.8) is 0 Å². The van der Waals surface area contributed by atoms with E-state index in [4.69, 9.17) is 5.73 Å². The number of aromatic nitrogens is 1. The zero-order chi connectivity index (χ0) is 9.69. The second kappa shape index (κ2) is 2.48. The number of thiazole rings is 1. The van der Waals surface area contributed by atoms with Crippen molar-refractivity contribution in [1.82, 2.24) is 4.98 Å². The average molecular weight is 204 g/mol. The Labute approximate surface area is 78.8 Å². The van der Waals surface area contributed by atoms with Crippen molar-refractivity contribution in [3.8, 4) is 0 Å². The van der Waals surface area contributed by atoms with Gasteiger partial charge in [-0.3, -0.25) is 0 Å². The van der Waals surface area contributed by atoms with Gasteiger partial charge in [-0.1, -0.05) is 0 Å².